The van der Waals surface area contributed by atoms with E-state index in [1.165, 1.54) is 26.2 Å². The van der Waals surface area contributed by atoms with Crippen LogP contribution in [0.15, 0.2) is 22.6 Å². The Bertz CT molecular complexity index is 744. The third kappa shape index (κ3) is 3.54. The number of benzene rings is 1. The molecule has 2 fully saturated rings. The van der Waals surface area contributed by atoms with Crippen LogP contribution in [0.3, 0.4) is 0 Å². The lowest BCUT2D eigenvalue weighted by Gasteiger charge is -2.41. The van der Waals surface area contributed by atoms with E-state index in [4.69, 9.17) is 10.2 Å². The van der Waals surface area contributed by atoms with E-state index in [0.29, 0.717) is 17.9 Å². The molecule has 3 heterocycles. The number of piperazine rings is 1. The standard InChI is InChI=1S/C19H28N6O/c1-14-13-15(20)3-4-17(14)18-21-22-19(26-18)25-7-5-16(6-8-25)24-11-9-23(2)10-12-24/h3-4,13,16H,5-12,20H2,1-2H3. The lowest BCUT2D eigenvalue weighted by molar-refractivity contribution is 0.0976. The van der Waals surface area contributed by atoms with Crippen molar-refractivity contribution in [1.29, 1.82) is 0 Å². The molecule has 2 aromatic rings. The first-order chi connectivity index (χ1) is 12.6. The van der Waals surface area contributed by atoms with E-state index in [-0.39, 0.29) is 0 Å². The van der Waals surface area contributed by atoms with E-state index < -0.39 is 0 Å². The van der Waals surface area contributed by atoms with E-state index in [1.54, 1.807) is 0 Å². The van der Waals surface area contributed by atoms with Gasteiger partial charge in [-0.05, 0) is 50.6 Å². The summed E-state index contributed by atoms with van der Waals surface area (Å²) in [7, 11) is 2.20. The Hall–Kier alpha value is -2.12. The van der Waals surface area contributed by atoms with Crippen molar-refractivity contribution >= 4 is 11.7 Å². The summed E-state index contributed by atoms with van der Waals surface area (Å²) in [5.74, 6) is 0.568. The zero-order valence-corrected chi connectivity index (χ0v) is 15.7. The van der Waals surface area contributed by atoms with Crippen molar-refractivity contribution in [1.82, 2.24) is 20.0 Å². The van der Waals surface area contributed by atoms with Gasteiger partial charge in [-0.3, -0.25) is 4.90 Å². The quantitative estimate of drug-likeness (QED) is 0.841. The summed E-state index contributed by atoms with van der Waals surface area (Å²) < 4.78 is 5.97. The molecule has 0 spiro atoms. The van der Waals surface area contributed by atoms with Gasteiger partial charge in [0.2, 0.25) is 5.89 Å². The molecule has 7 nitrogen and oxygen atoms in total. The molecule has 0 amide bonds. The van der Waals surface area contributed by atoms with Crippen molar-refractivity contribution in [2.45, 2.75) is 25.8 Å². The van der Waals surface area contributed by atoms with Crippen molar-refractivity contribution in [3.63, 3.8) is 0 Å². The van der Waals surface area contributed by atoms with Crippen LogP contribution in [0.2, 0.25) is 0 Å². The van der Waals surface area contributed by atoms with Gasteiger partial charge in [0.05, 0.1) is 0 Å². The number of hydrogen-bond acceptors (Lipinski definition) is 7. The molecule has 0 saturated carbocycles. The summed E-state index contributed by atoms with van der Waals surface area (Å²) in [6.07, 6.45) is 2.31. The maximum absolute atomic E-state index is 5.97. The minimum atomic E-state index is 0.568. The monoisotopic (exact) mass is 356 g/mol. The molecule has 2 saturated heterocycles. The SMILES string of the molecule is Cc1cc(N)ccc1-c1nnc(N2CCC(N3CCN(C)CC3)CC2)o1. The summed E-state index contributed by atoms with van der Waals surface area (Å²) >= 11 is 0. The van der Waals surface area contributed by atoms with Crippen LogP contribution in [-0.2, 0) is 0 Å². The normalized spacial score (nSPS) is 20.6. The molecule has 0 bridgehead atoms. The van der Waals surface area contributed by atoms with Crippen LogP contribution in [0.5, 0.6) is 0 Å². The minimum absolute atomic E-state index is 0.568. The second-order valence-electron chi connectivity index (χ2n) is 7.52. The van der Waals surface area contributed by atoms with Crippen LogP contribution in [0, 0.1) is 6.92 Å². The van der Waals surface area contributed by atoms with Gasteiger partial charge in [-0.1, -0.05) is 5.10 Å². The first kappa shape index (κ1) is 17.3. The van der Waals surface area contributed by atoms with E-state index in [2.05, 4.69) is 31.9 Å². The molecular weight excluding hydrogens is 328 g/mol. The number of rotatable bonds is 3. The molecule has 0 radical (unpaired) electrons. The van der Waals surface area contributed by atoms with Crippen LogP contribution in [0.1, 0.15) is 18.4 Å². The molecule has 2 N–H and O–H groups in total. The molecule has 1 aromatic heterocycles. The molecule has 140 valence electrons. The molecule has 0 aliphatic carbocycles. The zero-order valence-electron chi connectivity index (χ0n) is 15.7. The highest BCUT2D eigenvalue weighted by Gasteiger charge is 2.28. The summed E-state index contributed by atoms with van der Waals surface area (Å²) in [6, 6.07) is 7.06. The third-order valence-corrected chi connectivity index (χ3v) is 5.68. The highest BCUT2D eigenvalue weighted by atomic mass is 16.4. The number of nitrogens with two attached hydrogens (primary N) is 1. The van der Waals surface area contributed by atoms with Crippen LogP contribution in [0.25, 0.3) is 11.5 Å². The number of hydrogen-bond donors (Lipinski definition) is 1. The number of nitrogens with zero attached hydrogens (tertiary/aromatic N) is 5. The minimum Gasteiger partial charge on any atom is -0.403 e. The van der Waals surface area contributed by atoms with Gasteiger partial charge in [0.25, 0.3) is 0 Å². The molecule has 26 heavy (non-hydrogen) atoms. The number of aromatic nitrogens is 2. The van der Waals surface area contributed by atoms with Gasteiger partial charge in [-0.15, -0.1) is 5.10 Å². The second kappa shape index (κ2) is 7.25. The number of anilines is 2. The molecule has 2 aliphatic heterocycles. The van der Waals surface area contributed by atoms with Gasteiger partial charge < -0.3 is 20.0 Å². The van der Waals surface area contributed by atoms with Crippen molar-refractivity contribution in [3.05, 3.63) is 23.8 Å². The molecule has 2 aliphatic rings. The molecule has 4 rings (SSSR count). The van der Waals surface area contributed by atoms with E-state index in [0.717, 1.165) is 42.7 Å². The van der Waals surface area contributed by atoms with Crippen LogP contribution < -0.4 is 10.6 Å². The van der Waals surface area contributed by atoms with Gasteiger partial charge in [0.1, 0.15) is 0 Å². The first-order valence-corrected chi connectivity index (χ1v) is 9.48. The van der Waals surface area contributed by atoms with Gasteiger partial charge in [0, 0.05) is 56.6 Å². The fourth-order valence-corrected chi connectivity index (χ4v) is 3.99. The lowest BCUT2D eigenvalue weighted by Crippen LogP contribution is -2.52. The van der Waals surface area contributed by atoms with E-state index in [1.807, 2.05) is 25.1 Å². The summed E-state index contributed by atoms with van der Waals surface area (Å²) in [6.45, 7) is 8.67. The number of aryl methyl sites for hydroxylation is 1. The van der Waals surface area contributed by atoms with Crippen molar-refractivity contribution in [2.24, 2.45) is 0 Å². The van der Waals surface area contributed by atoms with Crippen molar-refractivity contribution in [2.75, 3.05) is 56.9 Å². The Morgan fingerprint density at radius 2 is 1.77 bits per heavy atom. The van der Waals surface area contributed by atoms with Gasteiger partial charge in [0.15, 0.2) is 0 Å². The third-order valence-electron chi connectivity index (χ3n) is 5.68. The van der Waals surface area contributed by atoms with E-state index >= 15 is 0 Å². The van der Waals surface area contributed by atoms with Crippen LogP contribution in [-0.4, -0.2) is 72.4 Å². The van der Waals surface area contributed by atoms with Gasteiger partial charge in [-0.2, -0.15) is 0 Å². The number of likely N-dealkylation sites (N-methyl/N-ethyl adjacent to an activating group) is 1. The van der Waals surface area contributed by atoms with Crippen molar-refractivity contribution < 1.29 is 4.42 Å². The number of nitrogen functional groups attached to an aromatic ring is 1. The Kier molecular flexibility index (Phi) is 4.82. The molecular formula is C19H28N6O. The maximum atomic E-state index is 5.97. The fourth-order valence-electron chi connectivity index (χ4n) is 3.99. The molecule has 7 heteroatoms. The largest absolute Gasteiger partial charge is 0.403 e. The summed E-state index contributed by atoms with van der Waals surface area (Å²) in [4.78, 5) is 7.27. The zero-order chi connectivity index (χ0) is 18.1. The Labute approximate surface area is 154 Å². The second-order valence-corrected chi connectivity index (χ2v) is 7.52. The maximum Gasteiger partial charge on any atom is 0.318 e. The van der Waals surface area contributed by atoms with Gasteiger partial charge >= 0.3 is 6.01 Å². The lowest BCUT2D eigenvalue weighted by atomic mass is 10.0. The molecule has 1 aromatic carbocycles. The average molecular weight is 356 g/mol. The average Bonchev–Trinajstić information content (AvgIpc) is 3.12. The van der Waals surface area contributed by atoms with Crippen LogP contribution >= 0.6 is 0 Å². The smallest absolute Gasteiger partial charge is 0.318 e. The molecule has 0 atom stereocenters. The predicted octanol–water partition coefficient (Wildman–Crippen LogP) is 1.84. The first-order valence-electron chi connectivity index (χ1n) is 9.48. The Balaban J connectivity index is 1.38. The van der Waals surface area contributed by atoms with Crippen molar-refractivity contribution in [3.8, 4) is 11.5 Å². The van der Waals surface area contributed by atoms with Crippen LogP contribution in [0.4, 0.5) is 11.7 Å². The highest BCUT2D eigenvalue weighted by molar-refractivity contribution is 5.62. The summed E-state index contributed by atoms with van der Waals surface area (Å²) in [5.41, 5.74) is 8.57. The topological polar surface area (TPSA) is 74.7 Å². The Morgan fingerprint density at radius 3 is 2.46 bits per heavy atom. The predicted molar refractivity (Wildman–Crippen MR) is 103 cm³/mol. The molecule has 0 unspecified atom stereocenters. The van der Waals surface area contributed by atoms with E-state index in [9.17, 15) is 0 Å². The summed E-state index contributed by atoms with van der Waals surface area (Å²) in [5, 5.41) is 8.54. The Morgan fingerprint density at radius 1 is 1.04 bits per heavy atom. The fraction of sp³-hybridized carbons (Fsp3) is 0.579. The highest BCUT2D eigenvalue weighted by Crippen LogP contribution is 2.28. The number of piperidine rings is 1. The van der Waals surface area contributed by atoms with Gasteiger partial charge in [-0.25, -0.2) is 0 Å².